The average Bonchev–Trinajstić information content (AvgIpc) is 1.35. The molecule has 0 aliphatic rings. The van der Waals surface area contributed by atoms with Crippen LogP contribution in [0.15, 0.2) is 0 Å². The van der Waals surface area contributed by atoms with Gasteiger partial charge in [0.05, 0.1) is 0 Å². The number of hydrogen-bond donors (Lipinski definition) is 2. The van der Waals surface area contributed by atoms with Crippen LogP contribution in [0.3, 0.4) is 0 Å². The van der Waals surface area contributed by atoms with Crippen LogP contribution in [-0.4, -0.2) is 13.0 Å². The fraction of sp³-hybridized carbons (Fsp3) is 0.667. The minimum absolute atomic E-state index is 0.289. The van der Waals surface area contributed by atoms with Crippen LogP contribution in [0.5, 0.6) is 0 Å². The number of rotatable bonds is 2. The molecule has 3 heteroatoms. The smallest absolute Gasteiger partial charge is 0.202 e. The SMILES string of the molecule is CCBC(=N)N. The second kappa shape index (κ2) is 2.76. The monoisotopic (exact) mass is 84.1 g/mol. The second-order valence-electron chi connectivity index (χ2n) is 1.28. The van der Waals surface area contributed by atoms with Crippen molar-refractivity contribution < 1.29 is 0 Å². The van der Waals surface area contributed by atoms with Gasteiger partial charge in [-0.2, -0.15) is 0 Å². The molecule has 6 heavy (non-hydrogen) atoms. The Kier molecular flexibility index (Phi) is 2.54. The van der Waals surface area contributed by atoms with E-state index in [1.807, 2.05) is 6.92 Å². The molecule has 34 valence electrons. The molecule has 0 saturated heterocycles. The molecule has 0 radical (unpaired) electrons. The third-order valence-corrected chi connectivity index (χ3v) is 0.519. The van der Waals surface area contributed by atoms with Gasteiger partial charge >= 0.3 is 0 Å². The minimum atomic E-state index is 0.289. The van der Waals surface area contributed by atoms with Crippen molar-refractivity contribution in [1.29, 1.82) is 5.41 Å². The largest absolute Gasteiger partial charge is 0.396 e. The molecule has 0 fully saturated rings. The van der Waals surface area contributed by atoms with Gasteiger partial charge in [0, 0.05) is 5.73 Å². The molecular weight excluding hydrogens is 74.9 g/mol. The van der Waals surface area contributed by atoms with Crippen molar-refractivity contribution in [2.75, 3.05) is 0 Å². The summed E-state index contributed by atoms with van der Waals surface area (Å²) in [6.45, 7) is 2.00. The highest BCUT2D eigenvalue weighted by molar-refractivity contribution is 6.73. The van der Waals surface area contributed by atoms with Crippen LogP contribution < -0.4 is 5.73 Å². The topological polar surface area (TPSA) is 49.9 Å². The highest BCUT2D eigenvalue weighted by Gasteiger charge is 1.83. The maximum absolute atomic E-state index is 6.67. The van der Waals surface area contributed by atoms with E-state index in [9.17, 15) is 0 Å². The van der Waals surface area contributed by atoms with Crippen LogP contribution in [0.25, 0.3) is 0 Å². The van der Waals surface area contributed by atoms with Gasteiger partial charge in [-0.25, -0.2) is 0 Å². The van der Waals surface area contributed by atoms with E-state index in [1.54, 1.807) is 0 Å². The maximum Gasteiger partial charge on any atom is 0.202 e. The van der Waals surface area contributed by atoms with Crippen LogP contribution in [0.2, 0.25) is 6.32 Å². The Morgan fingerprint density at radius 3 is 2.50 bits per heavy atom. The van der Waals surface area contributed by atoms with Crippen LogP contribution in [0.1, 0.15) is 6.92 Å². The Labute approximate surface area is 38.5 Å². The summed E-state index contributed by atoms with van der Waals surface area (Å²) in [5, 5.41) is 6.67. The number of hydrogen-bond acceptors (Lipinski definition) is 1. The van der Waals surface area contributed by atoms with Gasteiger partial charge in [-0.1, -0.05) is 13.2 Å². The van der Waals surface area contributed by atoms with Crippen LogP contribution >= 0.6 is 0 Å². The molecule has 0 rings (SSSR count). The first-order chi connectivity index (χ1) is 2.77. The first-order valence-corrected chi connectivity index (χ1v) is 2.10. The zero-order chi connectivity index (χ0) is 4.99. The van der Waals surface area contributed by atoms with Gasteiger partial charge < -0.3 is 5.73 Å². The van der Waals surface area contributed by atoms with E-state index in [1.165, 1.54) is 0 Å². The summed E-state index contributed by atoms with van der Waals surface area (Å²) in [6, 6.07) is 0. The van der Waals surface area contributed by atoms with E-state index < -0.39 is 0 Å². The van der Waals surface area contributed by atoms with Gasteiger partial charge in [0.2, 0.25) is 7.28 Å². The fourth-order valence-electron chi connectivity index (χ4n) is 0.269. The van der Waals surface area contributed by atoms with Crippen molar-refractivity contribution in [2.24, 2.45) is 5.73 Å². The molecule has 0 aliphatic carbocycles. The Balaban J connectivity index is 2.83. The predicted molar refractivity (Wildman–Crippen MR) is 29.5 cm³/mol. The van der Waals surface area contributed by atoms with Gasteiger partial charge in [0.1, 0.15) is 0 Å². The molecule has 0 unspecified atom stereocenters. The molecule has 0 aliphatic heterocycles. The van der Waals surface area contributed by atoms with Gasteiger partial charge in [0.25, 0.3) is 0 Å². The Bertz CT molecular complexity index is 52.8. The van der Waals surface area contributed by atoms with E-state index in [0.29, 0.717) is 0 Å². The summed E-state index contributed by atoms with van der Waals surface area (Å²) in [6.07, 6.45) is 0.981. The van der Waals surface area contributed by atoms with Gasteiger partial charge in [-0.05, 0) is 0 Å². The molecule has 0 spiro atoms. The molecule has 0 atom stereocenters. The number of amidine groups is 1. The zero-order valence-electron chi connectivity index (χ0n) is 3.99. The van der Waals surface area contributed by atoms with Crippen molar-refractivity contribution in [1.82, 2.24) is 0 Å². The van der Waals surface area contributed by atoms with E-state index in [-0.39, 0.29) is 5.73 Å². The summed E-state index contributed by atoms with van der Waals surface area (Å²) >= 11 is 0. The summed E-state index contributed by atoms with van der Waals surface area (Å²) in [5.41, 5.74) is 5.28. The quantitative estimate of drug-likeness (QED) is 0.270. The molecule has 3 N–H and O–H groups in total. The molecule has 0 aromatic rings. The lowest BCUT2D eigenvalue weighted by Gasteiger charge is -1.83. The van der Waals surface area contributed by atoms with E-state index in [2.05, 4.69) is 0 Å². The highest BCUT2D eigenvalue weighted by Crippen LogP contribution is 1.67. The predicted octanol–water partition coefficient (Wildman–Crippen LogP) is -0.245. The molecule has 0 aromatic heterocycles. The summed E-state index contributed by atoms with van der Waals surface area (Å²) in [4.78, 5) is 0. The Morgan fingerprint density at radius 2 is 2.50 bits per heavy atom. The minimum Gasteiger partial charge on any atom is -0.396 e. The fourth-order valence-corrected chi connectivity index (χ4v) is 0.269. The Hall–Kier alpha value is -0.465. The third kappa shape index (κ3) is 3.53. The molecule has 2 nitrogen and oxygen atoms in total. The molecule has 0 saturated carbocycles. The van der Waals surface area contributed by atoms with Crippen molar-refractivity contribution in [2.45, 2.75) is 13.2 Å². The zero-order valence-corrected chi connectivity index (χ0v) is 3.99. The lowest BCUT2D eigenvalue weighted by Crippen LogP contribution is -2.16. The average molecular weight is 83.9 g/mol. The van der Waals surface area contributed by atoms with Gasteiger partial charge in [0.15, 0.2) is 0 Å². The van der Waals surface area contributed by atoms with Crippen LogP contribution in [0, 0.1) is 5.41 Å². The van der Waals surface area contributed by atoms with E-state index in [4.69, 9.17) is 11.1 Å². The highest BCUT2D eigenvalue weighted by atomic mass is 14.6. The molecular formula is C3H9BN2. The normalized spacial score (nSPS) is 7.50. The summed E-state index contributed by atoms with van der Waals surface area (Å²) in [5.74, 6) is 0. The van der Waals surface area contributed by atoms with Crippen LogP contribution in [-0.2, 0) is 0 Å². The third-order valence-electron chi connectivity index (χ3n) is 0.519. The van der Waals surface area contributed by atoms with E-state index in [0.717, 1.165) is 13.6 Å². The molecule has 0 aromatic carbocycles. The summed E-state index contributed by atoms with van der Waals surface area (Å²) in [7, 11) is 0.736. The van der Waals surface area contributed by atoms with Gasteiger partial charge in [-0.3, -0.25) is 5.41 Å². The van der Waals surface area contributed by atoms with Crippen molar-refractivity contribution >= 4 is 13.0 Å². The number of nitrogens with one attached hydrogen (secondary N) is 1. The molecule has 0 heterocycles. The number of nitrogens with two attached hydrogens (primary N) is 1. The summed E-state index contributed by atoms with van der Waals surface area (Å²) < 4.78 is 0. The van der Waals surface area contributed by atoms with E-state index >= 15 is 0 Å². The van der Waals surface area contributed by atoms with Gasteiger partial charge in [-0.15, -0.1) is 0 Å². The second-order valence-corrected chi connectivity index (χ2v) is 1.28. The van der Waals surface area contributed by atoms with Crippen molar-refractivity contribution in [3.05, 3.63) is 0 Å². The van der Waals surface area contributed by atoms with Crippen molar-refractivity contribution in [3.8, 4) is 0 Å². The molecule has 0 bridgehead atoms. The lowest BCUT2D eigenvalue weighted by atomic mass is 9.74. The van der Waals surface area contributed by atoms with Crippen molar-refractivity contribution in [3.63, 3.8) is 0 Å². The standard InChI is InChI=1S/C3H9BN2/c1-2-4-3(5)6/h4H,2H2,1H3,(H3,5,6). The first-order valence-electron chi connectivity index (χ1n) is 2.10. The molecule has 0 amide bonds. The first kappa shape index (κ1) is 5.53. The maximum atomic E-state index is 6.67. The Morgan fingerprint density at radius 1 is 2.00 bits per heavy atom. The lowest BCUT2D eigenvalue weighted by molar-refractivity contribution is 1.43. The van der Waals surface area contributed by atoms with Crippen LogP contribution in [0.4, 0.5) is 0 Å².